The lowest BCUT2D eigenvalue weighted by Gasteiger charge is -2.37. The van der Waals surface area contributed by atoms with Gasteiger partial charge in [0.1, 0.15) is 0 Å². The van der Waals surface area contributed by atoms with Crippen LogP contribution in [0.1, 0.15) is 58.6 Å². The first-order valence-corrected chi connectivity index (χ1v) is 9.63. The third-order valence-corrected chi connectivity index (χ3v) is 5.61. The molecule has 3 N–H and O–H groups in total. The Balaban J connectivity index is 2.06. The molecule has 5 nitrogen and oxygen atoms in total. The SMILES string of the molecule is CC(N[C@H](NC(=O)[C@@H]1C[C@H](C)CC[C@H]1C(C)C)C(=O)O)c1ccccc1. The average Bonchev–Trinajstić information content (AvgIpc) is 2.61. The molecule has 1 saturated carbocycles. The zero-order valence-electron chi connectivity index (χ0n) is 16.2. The normalized spacial score (nSPS) is 25.5. The van der Waals surface area contributed by atoms with E-state index in [-0.39, 0.29) is 17.9 Å². The first kappa shape index (κ1) is 20.4. The smallest absolute Gasteiger partial charge is 0.341 e. The molecule has 26 heavy (non-hydrogen) atoms. The molecule has 1 aromatic rings. The fourth-order valence-electron chi connectivity index (χ4n) is 4.02. The Labute approximate surface area is 156 Å². The molecule has 1 unspecified atom stereocenters. The van der Waals surface area contributed by atoms with Crippen molar-refractivity contribution in [2.24, 2.45) is 23.7 Å². The highest BCUT2D eigenvalue weighted by Gasteiger charge is 2.37. The summed E-state index contributed by atoms with van der Waals surface area (Å²) in [6, 6.07) is 9.45. The Bertz CT molecular complexity index is 603. The van der Waals surface area contributed by atoms with Gasteiger partial charge in [0.05, 0.1) is 0 Å². The molecule has 0 saturated heterocycles. The quantitative estimate of drug-likeness (QED) is 0.650. The lowest BCUT2D eigenvalue weighted by Crippen LogP contribution is -2.54. The molecule has 0 spiro atoms. The van der Waals surface area contributed by atoms with Gasteiger partial charge in [-0.1, -0.05) is 57.5 Å². The van der Waals surface area contributed by atoms with E-state index in [9.17, 15) is 14.7 Å². The summed E-state index contributed by atoms with van der Waals surface area (Å²) in [5.41, 5.74) is 0.986. The number of carboxylic acid groups (broad SMARTS) is 1. The van der Waals surface area contributed by atoms with Gasteiger partial charge < -0.3 is 10.4 Å². The summed E-state index contributed by atoms with van der Waals surface area (Å²) in [5.74, 6) is -0.0962. The molecule has 0 radical (unpaired) electrons. The summed E-state index contributed by atoms with van der Waals surface area (Å²) in [7, 11) is 0. The van der Waals surface area contributed by atoms with Crippen LogP contribution >= 0.6 is 0 Å². The first-order valence-electron chi connectivity index (χ1n) is 9.63. The second kappa shape index (κ2) is 9.17. The summed E-state index contributed by atoms with van der Waals surface area (Å²) in [4.78, 5) is 24.6. The van der Waals surface area contributed by atoms with Crippen molar-refractivity contribution < 1.29 is 14.7 Å². The van der Waals surface area contributed by atoms with Crippen molar-refractivity contribution in [2.45, 2.75) is 59.2 Å². The third kappa shape index (κ3) is 5.31. The Hall–Kier alpha value is -1.88. The molecule has 0 aromatic heterocycles. The van der Waals surface area contributed by atoms with Crippen molar-refractivity contribution in [2.75, 3.05) is 0 Å². The second-order valence-corrected chi connectivity index (χ2v) is 8.01. The summed E-state index contributed by atoms with van der Waals surface area (Å²) < 4.78 is 0. The van der Waals surface area contributed by atoms with Gasteiger partial charge in [-0.3, -0.25) is 10.1 Å². The fourth-order valence-corrected chi connectivity index (χ4v) is 4.02. The number of carbonyl (C=O) groups excluding carboxylic acids is 1. The van der Waals surface area contributed by atoms with E-state index in [1.807, 2.05) is 37.3 Å². The lowest BCUT2D eigenvalue weighted by molar-refractivity contribution is -0.144. The third-order valence-electron chi connectivity index (χ3n) is 5.61. The predicted octanol–water partition coefficient (Wildman–Crippen LogP) is 3.57. The maximum absolute atomic E-state index is 12.9. The number of carboxylic acids is 1. The van der Waals surface area contributed by atoms with Crippen LogP contribution in [0.3, 0.4) is 0 Å². The number of hydrogen-bond acceptors (Lipinski definition) is 3. The maximum atomic E-state index is 12.9. The van der Waals surface area contributed by atoms with Gasteiger partial charge in [0.2, 0.25) is 5.91 Å². The van der Waals surface area contributed by atoms with Gasteiger partial charge in [-0.05, 0) is 43.1 Å². The first-order chi connectivity index (χ1) is 12.3. The summed E-state index contributed by atoms with van der Waals surface area (Å²) in [5, 5.41) is 15.3. The molecule has 144 valence electrons. The minimum absolute atomic E-state index is 0.116. The van der Waals surface area contributed by atoms with Gasteiger partial charge in [-0.2, -0.15) is 0 Å². The van der Waals surface area contributed by atoms with E-state index in [4.69, 9.17) is 0 Å². The Morgan fingerprint density at radius 2 is 1.77 bits per heavy atom. The molecule has 1 aromatic carbocycles. The van der Waals surface area contributed by atoms with Gasteiger partial charge in [0, 0.05) is 12.0 Å². The maximum Gasteiger partial charge on any atom is 0.341 e. The number of carbonyl (C=O) groups is 2. The molecule has 1 aliphatic rings. The van der Waals surface area contributed by atoms with Crippen LogP contribution < -0.4 is 10.6 Å². The van der Waals surface area contributed by atoms with E-state index in [1.54, 1.807) is 0 Å². The Kier molecular flexibility index (Phi) is 7.21. The molecular formula is C21H32N2O3. The lowest BCUT2D eigenvalue weighted by atomic mass is 9.70. The summed E-state index contributed by atoms with van der Waals surface area (Å²) in [6.07, 6.45) is 1.90. The molecule has 1 fully saturated rings. The van der Waals surface area contributed by atoms with Crippen LogP contribution in [0.25, 0.3) is 0 Å². The molecule has 1 aliphatic carbocycles. The number of aliphatic carboxylic acids is 1. The number of amides is 1. The van der Waals surface area contributed by atoms with E-state index < -0.39 is 12.1 Å². The van der Waals surface area contributed by atoms with Gasteiger partial charge in [-0.15, -0.1) is 0 Å². The number of nitrogens with one attached hydrogen (secondary N) is 2. The Morgan fingerprint density at radius 1 is 1.12 bits per heavy atom. The van der Waals surface area contributed by atoms with E-state index in [2.05, 4.69) is 31.4 Å². The second-order valence-electron chi connectivity index (χ2n) is 8.01. The minimum Gasteiger partial charge on any atom is -0.479 e. The van der Waals surface area contributed by atoms with Gasteiger partial charge in [-0.25, -0.2) is 4.79 Å². The molecule has 5 atom stereocenters. The van der Waals surface area contributed by atoms with Gasteiger partial charge >= 0.3 is 5.97 Å². The van der Waals surface area contributed by atoms with Crippen molar-refractivity contribution in [1.29, 1.82) is 0 Å². The molecule has 1 amide bonds. The van der Waals surface area contributed by atoms with Crippen LogP contribution in [0.2, 0.25) is 0 Å². The Morgan fingerprint density at radius 3 is 2.35 bits per heavy atom. The van der Waals surface area contributed by atoms with Crippen LogP contribution in [0.15, 0.2) is 30.3 Å². The molecule has 2 rings (SSSR count). The van der Waals surface area contributed by atoms with E-state index in [0.29, 0.717) is 17.8 Å². The monoisotopic (exact) mass is 360 g/mol. The highest BCUT2D eigenvalue weighted by molar-refractivity contribution is 5.85. The fraction of sp³-hybridized carbons (Fsp3) is 0.619. The predicted molar refractivity (Wildman–Crippen MR) is 102 cm³/mol. The van der Waals surface area contributed by atoms with Gasteiger partial charge in [0.25, 0.3) is 0 Å². The minimum atomic E-state index is -1.09. The topological polar surface area (TPSA) is 78.4 Å². The average molecular weight is 360 g/mol. The standard InChI is InChI=1S/C21H32N2O3/c1-13(2)17-11-10-14(3)12-18(17)20(24)23-19(21(25)26)22-15(4)16-8-6-5-7-9-16/h5-9,13-15,17-19,22H,10-12H2,1-4H3,(H,23,24)(H,25,26)/t14-,15?,17+,18-,19-/m1/s1. The highest BCUT2D eigenvalue weighted by atomic mass is 16.4. The molecular weight excluding hydrogens is 328 g/mol. The molecule has 0 bridgehead atoms. The van der Waals surface area contributed by atoms with Crippen molar-refractivity contribution in [3.8, 4) is 0 Å². The zero-order valence-corrected chi connectivity index (χ0v) is 16.2. The highest BCUT2D eigenvalue weighted by Crippen LogP contribution is 2.38. The van der Waals surface area contributed by atoms with E-state index in [1.165, 1.54) is 0 Å². The van der Waals surface area contributed by atoms with Crippen LogP contribution in [0.5, 0.6) is 0 Å². The molecule has 0 heterocycles. The molecule has 0 aliphatic heterocycles. The van der Waals surface area contributed by atoms with Crippen LogP contribution in [0.4, 0.5) is 0 Å². The van der Waals surface area contributed by atoms with Crippen LogP contribution in [-0.4, -0.2) is 23.1 Å². The number of hydrogen-bond donors (Lipinski definition) is 3. The number of rotatable bonds is 7. The van der Waals surface area contributed by atoms with Crippen molar-refractivity contribution >= 4 is 11.9 Å². The van der Waals surface area contributed by atoms with Crippen LogP contribution in [0, 0.1) is 23.7 Å². The van der Waals surface area contributed by atoms with E-state index >= 15 is 0 Å². The van der Waals surface area contributed by atoms with Crippen molar-refractivity contribution in [3.05, 3.63) is 35.9 Å². The largest absolute Gasteiger partial charge is 0.479 e. The van der Waals surface area contributed by atoms with E-state index in [0.717, 1.165) is 24.8 Å². The van der Waals surface area contributed by atoms with Crippen molar-refractivity contribution in [3.63, 3.8) is 0 Å². The molecule has 5 heteroatoms. The van der Waals surface area contributed by atoms with Crippen LogP contribution in [-0.2, 0) is 9.59 Å². The van der Waals surface area contributed by atoms with Gasteiger partial charge in [0.15, 0.2) is 6.17 Å². The summed E-state index contributed by atoms with van der Waals surface area (Å²) in [6.45, 7) is 8.36. The number of benzene rings is 1. The van der Waals surface area contributed by atoms with Crippen molar-refractivity contribution in [1.82, 2.24) is 10.6 Å². The summed E-state index contributed by atoms with van der Waals surface area (Å²) >= 11 is 0. The zero-order chi connectivity index (χ0) is 19.3.